The van der Waals surface area contributed by atoms with Gasteiger partial charge in [0.25, 0.3) is 0 Å². The van der Waals surface area contributed by atoms with E-state index in [0.29, 0.717) is 11.3 Å². The minimum Gasteiger partial charge on any atom is -0.624 e. The van der Waals surface area contributed by atoms with E-state index in [1.165, 1.54) is 18.6 Å². The first-order chi connectivity index (χ1) is 6.22. The summed E-state index contributed by atoms with van der Waals surface area (Å²) in [7, 11) is 0. The van der Waals surface area contributed by atoms with E-state index in [2.05, 4.69) is 0 Å². The van der Waals surface area contributed by atoms with Gasteiger partial charge in [0.05, 0.1) is 5.56 Å². The molecule has 0 fully saturated rings. The second-order valence-corrected chi connectivity index (χ2v) is 2.76. The Balaban J connectivity index is 2.73. The van der Waals surface area contributed by atoms with E-state index in [1.807, 2.05) is 6.92 Å². The molecule has 0 atom stereocenters. The molecule has 0 amide bonds. The largest absolute Gasteiger partial charge is 0.624 e. The van der Waals surface area contributed by atoms with Crippen molar-refractivity contribution in [3.05, 3.63) is 40.5 Å². The predicted molar refractivity (Wildman–Crippen MR) is 49.4 cm³/mol. The summed E-state index contributed by atoms with van der Waals surface area (Å²) in [5.41, 5.74) is 0.746. The summed E-state index contributed by atoms with van der Waals surface area (Å²) < 4.78 is 1.55. The van der Waals surface area contributed by atoms with Gasteiger partial charge in [-0.3, -0.25) is 0 Å². The van der Waals surface area contributed by atoms with E-state index < -0.39 is 0 Å². The number of aromatic nitrogens is 1. The standard InChI is InChI=1S/C9H12N2O2/c1-2-5-11(13)8-9-3-6-10(12)7-4-9/h3-4,6-8H,2,5H2,1H3. The molecule has 1 aromatic heterocycles. The van der Waals surface area contributed by atoms with E-state index in [-0.39, 0.29) is 0 Å². The van der Waals surface area contributed by atoms with Crippen LogP contribution in [0.25, 0.3) is 0 Å². The van der Waals surface area contributed by atoms with E-state index >= 15 is 0 Å². The second-order valence-electron chi connectivity index (χ2n) is 2.76. The Labute approximate surface area is 76.9 Å². The Hall–Kier alpha value is -1.58. The Morgan fingerprint density at radius 2 is 2.08 bits per heavy atom. The number of nitrogens with zero attached hydrogens (tertiary/aromatic N) is 2. The maximum Gasteiger partial charge on any atom is 0.182 e. The monoisotopic (exact) mass is 180 g/mol. The number of hydroxylamine groups is 1. The van der Waals surface area contributed by atoms with Gasteiger partial charge in [-0.05, 0) is 0 Å². The van der Waals surface area contributed by atoms with Gasteiger partial charge < -0.3 is 10.4 Å². The van der Waals surface area contributed by atoms with Gasteiger partial charge >= 0.3 is 0 Å². The van der Waals surface area contributed by atoms with Gasteiger partial charge in [0, 0.05) is 18.6 Å². The molecule has 1 heterocycles. The normalized spacial score (nSPS) is 11.6. The van der Waals surface area contributed by atoms with E-state index in [9.17, 15) is 10.4 Å². The van der Waals surface area contributed by atoms with Crippen LogP contribution in [-0.4, -0.2) is 17.5 Å². The molecule has 0 aliphatic rings. The highest BCUT2D eigenvalue weighted by molar-refractivity contribution is 5.74. The lowest BCUT2D eigenvalue weighted by molar-refractivity contribution is -0.605. The molecular formula is C9H12N2O2. The lowest BCUT2D eigenvalue weighted by atomic mass is 10.3. The minimum atomic E-state index is 0.478. The Morgan fingerprint density at radius 1 is 1.46 bits per heavy atom. The highest BCUT2D eigenvalue weighted by Gasteiger charge is 1.96. The van der Waals surface area contributed by atoms with Gasteiger partial charge in [-0.25, -0.2) is 4.74 Å². The maximum atomic E-state index is 11.1. The molecule has 0 aromatic carbocycles. The van der Waals surface area contributed by atoms with Gasteiger partial charge in [0.15, 0.2) is 25.2 Å². The molecule has 0 aliphatic heterocycles. The lowest BCUT2D eigenvalue weighted by Crippen LogP contribution is -2.24. The predicted octanol–water partition coefficient (Wildman–Crippen LogP) is 0.659. The zero-order valence-electron chi connectivity index (χ0n) is 7.51. The van der Waals surface area contributed by atoms with Crippen molar-refractivity contribution in [2.75, 3.05) is 6.54 Å². The summed E-state index contributed by atoms with van der Waals surface area (Å²) in [4.78, 5) is 0. The van der Waals surface area contributed by atoms with Crippen LogP contribution >= 0.6 is 0 Å². The molecule has 0 radical (unpaired) electrons. The molecule has 0 aliphatic carbocycles. The third-order valence-corrected chi connectivity index (χ3v) is 1.56. The third kappa shape index (κ3) is 3.11. The summed E-state index contributed by atoms with van der Waals surface area (Å²) in [6, 6.07) is 3.21. The second kappa shape index (κ2) is 4.45. The van der Waals surface area contributed by atoms with Crippen molar-refractivity contribution < 1.29 is 9.47 Å². The molecule has 0 N–H and O–H groups in total. The van der Waals surface area contributed by atoms with Crippen LogP contribution in [0, 0.1) is 10.4 Å². The minimum absolute atomic E-state index is 0.478. The van der Waals surface area contributed by atoms with E-state index in [4.69, 9.17) is 0 Å². The Morgan fingerprint density at radius 3 is 2.62 bits per heavy atom. The maximum absolute atomic E-state index is 11.1. The molecule has 0 saturated carbocycles. The van der Waals surface area contributed by atoms with Crippen LogP contribution in [-0.2, 0) is 0 Å². The zero-order valence-corrected chi connectivity index (χ0v) is 7.51. The molecule has 0 bridgehead atoms. The molecule has 4 heteroatoms. The molecule has 0 saturated heterocycles. The average Bonchev–Trinajstić information content (AvgIpc) is 2.09. The molecule has 70 valence electrons. The lowest BCUT2D eigenvalue weighted by Gasteiger charge is -2.00. The molecule has 4 nitrogen and oxygen atoms in total. The molecule has 13 heavy (non-hydrogen) atoms. The zero-order chi connectivity index (χ0) is 9.68. The first-order valence-corrected chi connectivity index (χ1v) is 4.20. The van der Waals surface area contributed by atoms with E-state index in [0.717, 1.165) is 16.7 Å². The molecular weight excluding hydrogens is 168 g/mol. The SMILES string of the molecule is CCC[N+]([O-])=Cc1cc[n+]([O-])cc1. The Kier molecular flexibility index (Phi) is 3.25. The van der Waals surface area contributed by atoms with Gasteiger partial charge in [0.1, 0.15) is 0 Å². The summed E-state index contributed by atoms with van der Waals surface area (Å²) in [5, 5.41) is 21.7. The molecule has 0 spiro atoms. The van der Waals surface area contributed by atoms with Crippen molar-refractivity contribution in [2.24, 2.45) is 0 Å². The summed E-state index contributed by atoms with van der Waals surface area (Å²) in [5.74, 6) is 0. The van der Waals surface area contributed by atoms with Crippen LogP contribution < -0.4 is 4.73 Å². The fourth-order valence-electron chi connectivity index (χ4n) is 0.962. The summed E-state index contributed by atoms with van der Waals surface area (Å²) in [6.45, 7) is 2.42. The number of rotatable bonds is 3. The average molecular weight is 180 g/mol. The smallest absolute Gasteiger partial charge is 0.182 e. The summed E-state index contributed by atoms with van der Waals surface area (Å²) >= 11 is 0. The number of hydrogen-bond acceptors (Lipinski definition) is 2. The van der Waals surface area contributed by atoms with Crippen LogP contribution in [0.2, 0.25) is 0 Å². The first-order valence-electron chi connectivity index (χ1n) is 4.20. The van der Waals surface area contributed by atoms with Gasteiger partial charge in [-0.15, -0.1) is 0 Å². The van der Waals surface area contributed by atoms with Crippen molar-refractivity contribution in [2.45, 2.75) is 13.3 Å². The first kappa shape index (κ1) is 9.51. The summed E-state index contributed by atoms with van der Waals surface area (Å²) in [6.07, 6.45) is 5.02. The van der Waals surface area contributed by atoms with Crippen molar-refractivity contribution >= 4 is 6.21 Å². The number of hydrogen-bond donors (Lipinski definition) is 0. The van der Waals surface area contributed by atoms with Crippen molar-refractivity contribution in [3.63, 3.8) is 0 Å². The Bertz CT molecular complexity index is 293. The van der Waals surface area contributed by atoms with Gasteiger partial charge in [-0.2, -0.15) is 4.73 Å². The van der Waals surface area contributed by atoms with Crippen LogP contribution in [0.15, 0.2) is 24.5 Å². The highest BCUT2D eigenvalue weighted by Crippen LogP contribution is 1.90. The third-order valence-electron chi connectivity index (χ3n) is 1.56. The van der Waals surface area contributed by atoms with Gasteiger partial charge in [-0.1, -0.05) is 6.92 Å². The number of pyridine rings is 1. The molecule has 0 unspecified atom stereocenters. The quantitative estimate of drug-likeness (QED) is 0.297. The molecule has 1 rings (SSSR count). The van der Waals surface area contributed by atoms with E-state index in [1.54, 1.807) is 12.1 Å². The van der Waals surface area contributed by atoms with Crippen LogP contribution in [0.4, 0.5) is 0 Å². The topological polar surface area (TPSA) is 53.0 Å². The van der Waals surface area contributed by atoms with Gasteiger partial charge in [0.2, 0.25) is 0 Å². The fraction of sp³-hybridized carbons (Fsp3) is 0.333. The highest BCUT2D eigenvalue weighted by atomic mass is 16.5. The van der Waals surface area contributed by atoms with Crippen molar-refractivity contribution in [1.82, 2.24) is 0 Å². The van der Waals surface area contributed by atoms with Crippen LogP contribution in [0.1, 0.15) is 18.9 Å². The van der Waals surface area contributed by atoms with Crippen LogP contribution in [0.5, 0.6) is 0 Å². The fourth-order valence-corrected chi connectivity index (χ4v) is 0.962. The van der Waals surface area contributed by atoms with Crippen molar-refractivity contribution in [1.29, 1.82) is 0 Å². The molecule has 1 aromatic rings. The van der Waals surface area contributed by atoms with Crippen LogP contribution in [0.3, 0.4) is 0 Å². The van der Waals surface area contributed by atoms with Crippen molar-refractivity contribution in [3.8, 4) is 0 Å².